The third kappa shape index (κ3) is 7.76. The van der Waals surface area contributed by atoms with Crippen LogP contribution in [-0.4, -0.2) is 18.6 Å². The number of halogens is 3. The molecule has 2 aliphatic rings. The molecule has 3 rings (SSSR count). The molecule has 0 radical (unpaired) electrons. The summed E-state index contributed by atoms with van der Waals surface area (Å²) in [5.41, 5.74) is 2.15. The molecule has 2 nitrogen and oxygen atoms in total. The fourth-order valence-corrected chi connectivity index (χ4v) is 6.01. The van der Waals surface area contributed by atoms with Crippen molar-refractivity contribution in [3.05, 3.63) is 27.7 Å². The molecule has 2 saturated carbocycles. The molecule has 0 saturated heterocycles. The van der Waals surface area contributed by atoms with Gasteiger partial charge < -0.3 is 10.6 Å². The third-order valence-electron chi connectivity index (χ3n) is 7.32. The van der Waals surface area contributed by atoms with E-state index in [-0.39, 0.29) is 12.4 Å². The second kappa shape index (κ2) is 13.4. The highest BCUT2D eigenvalue weighted by atomic mass is 35.5. The van der Waals surface area contributed by atoms with Crippen molar-refractivity contribution in [1.29, 1.82) is 0 Å². The van der Waals surface area contributed by atoms with Gasteiger partial charge in [0.2, 0.25) is 0 Å². The Morgan fingerprint density at radius 1 is 0.833 bits per heavy atom. The van der Waals surface area contributed by atoms with Crippen LogP contribution in [0.3, 0.4) is 0 Å². The first-order valence-electron chi connectivity index (χ1n) is 12.0. The molecule has 2 N–H and O–H groups in total. The number of anilines is 1. The van der Waals surface area contributed by atoms with E-state index in [2.05, 4.69) is 36.6 Å². The van der Waals surface area contributed by atoms with Crippen molar-refractivity contribution in [1.82, 2.24) is 5.32 Å². The average Bonchev–Trinajstić information content (AvgIpc) is 2.73. The lowest BCUT2D eigenvalue weighted by Crippen LogP contribution is -2.35. The number of hydrogen-bond donors (Lipinski definition) is 2. The second-order valence-corrected chi connectivity index (χ2v) is 10.3. The molecule has 0 aliphatic heterocycles. The fourth-order valence-electron chi connectivity index (χ4n) is 5.34. The number of benzene rings is 1. The van der Waals surface area contributed by atoms with Crippen molar-refractivity contribution in [3.63, 3.8) is 0 Å². The first kappa shape index (κ1) is 26.1. The Morgan fingerprint density at radius 2 is 1.33 bits per heavy atom. The van der Waals surface area contributed by atoms with Crippen LogP contribution in [0.5, 0.6) is 0 Å². The maximum atomic E-state index is 6.62. The van der Waals surface area contributed by atoms with Gasteiger partial charge in [-0.2, -0.15) is 0 Å². The molecule has 5 heteroatoms. The van der Waals surface area contributed by atoms with E-state index in [1.807, 2.05) is 0 Å². The van der Waals surface area contributed by atoms with Crippen molar-refractivity contribution in [3.8, 4) is 0 Å². The van der Waals surface area contributed by atoms with Crippen molar-refractivity contribution in [2.45, 2.75) is 103 Å². The molecule has 0 bridgehead atoms. The van der Waals surface area contributed by atoms with Crippen LogP contribution >= 0.6 is 35.6 Å². The summed E-state index contributed by atoms with van der Waals surface area (Å²) in [7, 11) is 0. The van der Waals surface area contributed by atoms with Gasteiger partial charge >= 0.3 is 0 Å². The SMILES string of the molecule is CC(NCCCc1c(Cl)cc(NC(C)C2CCCCC2)cc1Cl)C1CCCCC1.Cl. The summed E-state index contributed by atoms with van der Waals surface area (Å²) in [5.74, 6) is 1.62. The minimum atomic E-state index is 0. The minimum Gasteiger partial charge on any atom is -0.382 e. The molecule has 30 heavy (non-hydrogen) atoms. The molecular weight excluding hydrogens is 435 g/mol. The second-order valence-electron chi connectivity index (χ2n) is 9.49. The zero-order valence-corrected chi connectivity index (χ0v) is 21.1. The van der Waals surface area contributed by atoms with Crippen LogP contribution in [0.4, 0.5) is 5.69 Å². The van der Waals surface area contributed by atoms with Gasteiger partial charge in [-0.15, -0.1) is 12.4 Å². The van der Waals surface area contributed by atoms with E-state index in [0.29, 0.717) is 12.1 Å². The first-order chi connectivity index (χ1) is 14.0. The topological polar surface area (TPSA) is 24.1 Å². The van der Waals surface area contributed by atoms with E-state index in [4.69, 9.17) is 23.2 Å². The summed E-state index contributed by atoms with van der Waals surface area (Å²) in [6.07, 6.45) is 15.8. The predicted molar refractivity (Wildman–Crippen MR) is 136 cm³/mol. The van der Waals surface area contributed by atoms with Crippen LogP contribution in [-0.2, 0) is 6.42 Å². The highest BCUT2D eigenvalue weighted by molar-refractivity contribution is 6.36. The molecule has 0 aromatic heterocycles. The van der Waals surface area contributed by atoms with E-state index >= 15 is 0 Å². The van der Waals surface area contributed by atoms with Crippen LogP contribution in [0.15, 0.2) is 12.1 Å². The Kier molecular flexibility index (Phi) is 11.7. The number of rotatable bonds is 9. The molecule has 2 unspecified atom stereocenters. The Balaban J connectivity index is 0.00000320. The molecule has 1 aromatic rings. The van der Waals surface area contributed by atoms with Gasteiger partial charge in [-0.1, -0.05) is 61.7 Å². The van der Waals surface area contributed by atoms with Gasteiger partial charge in [-0.3, -0.25) is 0 Å². The lowest BCUT2D eigenvalue weighted by molar-refractivity contribution is 0.281. The molecule has 0 heterocycles. The van der Waals surface area contributed by atoms with E-state index in [1.165, 1.54) is 64.2 Å². The van der Waals surface area contributed by atoms with Gasteiger partial charge in [0.25, 0.3) is 0 Å². The maximum absolute atomic E-state index is 6.62. The monoisotopic (exact) mass is 474 g/mol. The van der Waals surface area contributed by atoms with Gasteiger partial charge in [0.15, 0.2) is 0 Å². The lowest BCUT2D eigenvalue weighted by Gasteiger charge is -2.29. The van der Waals surface area contributed by atoms with E-state index in [1.54, 1.807) is 0 Å². The summed E-state index contributed by atoms with van der Waals surface area (Å²) >= 11 is 13.2. The summed E-state index contributed by atoms with van der Waals surface area (Å²) in [6, 6.07) is 5.23. The van der Waals surface area contributed by atoms with Gasteiger partial charge in [-0.25, -0.2) is 0 Å². The molecular formula is C25H41Cl3N2. The highest BCUT2D eigenvalue weighted by Crippen LogP contribution is 2.33. The summed E-state index contributed by atoms with van der Waals surface area (Å²) in [6.45, 7) is 5.68. The summed E-state index contributed by atoms with van der Waals surface area (Å²) < 4.78 is 0. The van der Waals surface area contributed by atoms with E-state index in [0.717, 1.165) is 52.5 Å². The van der Waals surface area contributed by atoms with Crippen LogP contribution < -0.4 is 10.6 Å². The van der Waals surface area contributed by atoms with E-state index < -0.39 is 0 Å². The van der Waals surface area contributed by atoms with Crippen LogP contribution in [0.25, 0.3) is 0 Å². The minimum absolute atomic E-state index is 0. The van der Waals surface area contributed by atoms with Crippen molar-refractivity contribution in [2.24, 2.45) is 11.8 Å². The molecule has 2 atom stereocenters. The molecule has 0 spiro atoms. The fraction of sp³-hybridized carbons (Fsp3) is 0.760. The Hall–Kier alpha value is -0.150. The maximum Gasteiger partial charge on any atom is 0.0473 e. The van der Waals surface area contributed by atoms with Gasteiger partial charge in [0, 0.05) is 27.8 Å². The Bertz CT molecular complexity index is 602. The van der Waals surface area contributed by atoms with Gasteiger partial charge in [-0.05, 0) is 88.4 Å². The third-order valence-corrected chi connectivity index (χ3v) is 7.99. The zero-order chi connectivity index (χ0) is 20.6. The van der Waals surface area contributed by atoms with Crippen LogP contribution in [0.1, 0.15) is 90.0 Å². The van der Waals surface area contributed by atoms with E-state index in [9.17, 15) is 0 Å². The van der Waals surface area contributed by atoms with Crippen LogP contribution in [0, 0.1) is 11.8 Å². The standard InChI is InChI=1S/C25H40Cl2N2.ClH/c1-18(20-10-5-3-6-11-20)28-15-9-14-23-24(26)16-22(17-25(23)27)29-19(2)21-12-7-4-8-13-21;/h16-21,28-29H,3-15H2,1-2H3;1H. The van der Waals surface area contributed by atoms with Crippen molar-refractivity contribution in [2.75, 3.05) is 11.9 Å². The van der Waals surface area contributed by atoms with Crippen LogP contribution in [0.2, 0.25) is 10.0 Å². The van der Waals surface area contributed by atoms with Gasteiger partial charge in [0.05, 0.1) is 0 Å². The molecule has 2 fully saturated rings. The van der Waals surface area contributed by atoms with Crippen molar-refractivity contribution < 1.29 is 0 Å². The Labute approximate surface area is 200 Å². The first-order valence-corrected chi connectivity index (χ1v) is 12.8. The van der Waals surface area contributed by atoms with Crippen molar-refractivity contribution >= 4 is 41.3 Å². The quantitative estimate of drug-likeness (QED) is 0.351. The molecule has 0 amide bonds. The summed E-state index contributed by atoms with van der Waals surface area (Å²) in [5, 5.41) is 9.00. The number of nitrogens with one attached hydrogen (secondary N) is 2. The average molecular weight is 476 g/mol. The predicted octanol–water partition coefficient (Wildman–Crippen LogP) is 8.29. The zero-order valence-electron chi connectivity index (χ0n) is 18.8. The smallest absolute Gasteiger partial charge is 0.0473 e. The van der Waals surface area contributed by atoms with Gasteiger partial charge in [0.1, 0.15) is 0 Å². The lowest BCUT2D eigenvalue weighted by atomic mass is 9.84. The normalized spacial score (nSPS) is 20.4. The number of hydrogen-bond acceptors (Lipinski definition) is 2. The summed E-state index contributed by atoms with van der Waals surface area (Å²) in [4.78, 5) is 0. The highest BCUT2D eigenvalue weighted by Gasteiger charge is 2.21. The molecule has 172 valence electrons. The Morgan fingerprint density at radius 3 is 1.87 bits per heavy atom. The molecule has 1 aromatic carbocycles. The largest absolute Gasteiger partial charge is 0.382 e. The molecule has 2 aliphatic carbocycles.